The summed E-state index contributed by atoms with van der Waals surface area (Å²) in [6.07, 6.45) is 3.37. The Balaban J connectivity index is 1.89. The molecule has 0 radical (unpaired) electrons. The minimum absolute atomic E-state index is 0.0226. The molecule has 0 atom stereocenters. The Morgan fingerprint density at radius 2 is 2.00 bits per heavy atom. The summed E-state index contributed by atoms with van der Waals surface area (Å²) in [6, 6.07) is 6.32. The summed E-state index contributed by atoms with van der Waals surface area (Å²) < 4.78 is 14.6. The van der Waals surface area contributed by atoms with Crippen LogP contribution in [-0.4, -0.2) is 41.3 Å². The van der Waals surface area contributed by atoms with Crippen LogP contribution in [0.15, 0.2) is 30.5 Å². The van der Waals surface area contributed by atoms with Gasteiger partial charge in [0.25, 0.3) is 11.8 Å². The minimum atomic E-state index is -0.537. The van der Waals surface area contributed by atoms with Gasteiger partial charge in [0.2, 0.25) is 0 Å². The topological polar surface area (TPSA) is 88.3 Å². The van der Waals surface area contributed by atoms with E-state index >= 15 is 0 Å². The van der Waals surface area contributed by atoms with Gasteiger partial charge in [-0.05, 0) is 43.0 Å². The highest BCUT2D eigenvalue weighted by Gasteiger charge is 2.25. The van der Waals surface area contributed by atoms with Gasteiger partial charge in [0, 0.05) is 49.1 Å². The van der Waals surface area contributed by atoms with E-state index in [0.29, 0.717) is 29.3 Å². The number of carbonyl (C=O) groups excluding carboxylic acids is 2. The van der Waals surface area contributed by atoms with Crippen LogP contribution >= 0.6 is 0 Å². The largest absolute Gasteiger partial charge is 0.349 e. The van der Waals surface area contributed by atoms with Crippen molar-refractivity contribution in [1.82, 2.24) is 15.2 Å². The normalized spacial score (nSPS) is 13.4. The lowest BCUT2D eigenvalue weighted by molar-refractivity contribution is 0.0778. The van der Waals surface area contributed by atoms with Crippen LogP contribution in [0.25, 0.3) is 11.3 Å². The van der Waals surface area contributed by atoms with E-state index in [1.165, 1.54) is 12.3 Å². The maximum absolute atomic E-state index is 14.6. The number of pyridine rings is 1. The number of rotatable bonds is 7. The zero-order valence-corrected chi connectivity index (χ0v) is 17.0. The molecule has 0 spiro atoms. The molecule has 29 heavy (non-hydrogen) atoms. The second kappa shape index (κ2) is 8.69. The van der Waals surface area contributed by atoms with E-state index in [4.69, 9.17) is 5.73 Å². The van der Waals surface area contributed by atoms with Crippen molar-refractivity contribution >= 4 is 11.8 Å². The Morgan fingerprint density at radius 1 is 1.28 bits per heavy atom. The molecule has 6 nitrogen and oxygen atoms in total. The lowest BCUT2D eigenvalue weighted by atomic mass is 9.99. The summed E-state index contributed by atoms with van der Waals surface area (Å²) in [7, 11) is 1.75. The molecule has 0 aliphatic heterocycles. The van der Waals surface area contributed by atoms with Crippen molar-refractivity contribution in [2.24, 2.45) is 11.7 Å². The quantitative estimate of drug-likeness (QED) is 0.751. The summed E-state index contributed by atoms with van der Waals surface area (Å²) >= 11 is 0. The third-order valence-electron chi connectivity index (χ3n) is 4.85. The molecule has 2 aromatic rings. The molecular weight excluding hydrogens is 371 g/mol. The third kappa shape index (κ3) is 4.98. The monoisotopic (exact) mass is 398 g/mol. The molecular formula is C22H27FN4O2. The van der Waals surface area contributed by atoms with E-state index in [1.807, 2.05) is 13.8 Å². The average molecular weight is 398 g/mol. The van der Waals surface area contributed by atoms with Crippen LogP contribution in [0.3, 0.4) is 0 Å². The molecule has 0 unspecified atom stereocenters. The van der Waals surface area contributed by atoms with Gasteiger partial charge < -0.3 is 16.0 Å². The zero-order chi connectivity index (χ0) is 21.1. The molecule has 1 aliphatic rings. The van der Waals surface area contributed by atoms with E-state index in [2.05, 4.69) is 10.3 Å². The second-order valence-electron chi connectivity index (χ2n) is 7.95. The molecule has 7 heteroatoms. The number of amides is 2. The van der Waals surface area contributed by atoms with E-state index in [9.17, 15) is 14.0 Å². The highest BCUT2D eigenvalue weighted by atomic mass is 19.1. The SMILES string of the molecule is CC(C)CN(C)C(=O)c1ccc(-c2cc(C(=O)NC3CC3)cc(F)c2CN)nc1. The van der Waals surface area contributed by atoms with Crippen LogP contribution in [0, 0.1) is 11.7 Å². The number of halogens is 1. The Morgan fingerprint density at radius 3 is 2.55 bits per heavy atom. The third-order valence-corrected chi connectivity index (χ3v) is 4.85. The molecule has 3 N–H and O–H groups in total. The Bertz CT molecular complexity index is 908. The van der Waals surface area contributed by atoms with Gasteiger partial charge in [-0.2, -0.15) is 0 Å². The molecule has 2 amide bonds. The maximum atomic E-state index is 14.6. The van der Waals surface area contributed by atoms with Gasteiger partial charge in [-0.25, -0.2) is 4.39 Å². The maximum Gasteiger partial charge on any atom is 0.255 e. The lowest BCUT2D eigenvalue weighted by Crippen LogP contribution is -2.30. The fourth-order valence-corrected chi connectivity index (χ4v) is 3.23. The van der Waals surface area contributed by atoms with Gasteiger partial charge in [0.1, 0.15) is 5.82 Å². The van der Waals surface area contributed by atoms with Gasteiger partial charge in [-0.3, -0.25) is 14.6 Å². The zero-order valence-electron chi connectivity index (χ0n) is 17.0. The number of nitrogens with one attached hydrogen (secondary N) is 1. The molecule has 154 valence electrons. The molecule has 3 rings (SSSR count). The molecule has 0 saturated heterocycles. The number of nitrogens with two attached hydrogens (primary N) is 1. The standard InChI is InChI=1S/C22H27FN4O2/c1-13(2)12-27(3)22(29)14-4-7-20(25-11-14)17-8-15(9-19(23)18(17)10-24)21(28)26-16-5-6-16/h4,7-9,11,13,16H,5-6,10,12,24H2,1-3H3,(H,26,28). The predicted octanol–water partition coefficient (Wildman–Crippen LogP) is 2.97. The van der Waals surface area contributed by atoms with Gasteiger partial charge in [0.15, 0.2) is 0 Å². The van der Waals surface area contributed by atoms with E-state index in [1.54, 1.807) is 30.1 Å². The summed E-state index contributed by atoms with van der Waals surface area (Å²) in [4.78, 5) is 30.9. The molecule has 1 aromatic carbocycles. The van der Waals surface area contributed by atoms with Gasteiger partial charge in [0.05, 0.1) is 11.3 Å². The fourth-order valence-electron chi connectivity index (χ4n) is 3.23. The van der Waals surface area contributed by atoms with E-state index in [-0.39, 0.29) is 35.5 Å². The summed E-state index contributed by atoms with van der Waals surface area (Å²) in [5.74, 6) is -0.612. The first-order chi connectivity index (χ1) is 13.8. The van der Waals surface area contributed by atoms with Crippen LogP contribution in [0.5, 0.6) is 0 Å². The highest BCUT2D eigenvalue weighted by Crippen LogP contribution is 2.27. The minimum Gasteiger partial charge on any atom is -0.349 e. The Hall–Kier alpha value is -2.80. The predicted molar refractivity (Wildman–Crippen MR) is 110 cm³/mol. The average Bonchev–Trinajstić information content (AvgIpc) is 3.50. The number of nitrogens with zero attached hydrogens (tertiary/aromatic N) is 2. The summed E-state index contributed by atoms with van der Waals surface area (Å²) in [6.45, 7) is 4.70. The highest BCUT2D eigenvalue weighted by molar-refractivity contribution is 5.96. The van der Waals surface area contributed by atoms with Crippen LogP contribution in [0.1, 0.15) is 53.0 Å². The van der Waals surface area contributed by atoms with Crippen molar-refractivity contribution in [2.45, 2.75) is 39.3 Å². The second-order valence-corrected chi connectivity index (χ2v) is 7.95. The van der Waals surface area contributed by atoms with Crippen LogP contribution < -0.4 is 11.1 Å². The molecule has 1 aromatic heterocycles. The van der Waals surface area contributed by atoms with Crippen molar-refractivity contribution in [2.75, 3.05) is 13.6 Å². The van der Waals surface area contributed by atoms with Crippen LogP contribution in [0.2, 0.25) is 0 Å². The first-order valence-electron chi connectivity index (χ1n) is 9.85. The van der Waals surface area contributed by atoms with Crippen molar-refractivity contribution in [3.05, 3.63) is 53.0 Å². The fraction of sp³-hybridized carbons (Fsp3) is 0.409. The Kier molecular flexibility index (Phi) is 6.27. The van der Waals surface area contributed by atoms with Gasteiger partial charge >= 0.3 is 0 Å². The van der Waals surface area contributed by atoms with Crippen molar-refractivity contribution in [3.63, 3.8) is 0 Å². The molecule has 0 bridgehead atoms. The van der Waals surface area contributed by atoms with Gasteiger partial charge in [-0.1, -0.05) is 13.8 Å². The van der Waals surface area contributed by atoms with Gasteiger partial charge in [-0.15, -0.1) is 0 Å². The van der Waals surface area contributed by atoms with E-state index in [0.717, 1.165) is 12.8 Å². The molecule has 1 fully saturated rings. The lowest BCUT2D eigenvalue weighted by Gasteiger charge is -2.19. The number of carbonyl (C=O) groups is 2. The van der Waals surface area contributed by atoms with Crippen molar-refractivity contribution in [3.8, 4) is 11.3 Å². The molecule has 1 heterocycles. The molecule has 1 saturated carbocycles. The number of benzene rings is 1. The van der Waals surface area contributed by atoms with Crippen molar-refractivity contribution < 1.29 is 14.0 Å². The number of hydrogen-bond acceptors (Lipinski definition) is 4. The smallest absolute Gasteiger partial charge is 0.255 e. The van der Waals surface area contributed by atoms with Crippen LogP contribution in [0.4, 0.5) is 4.39 Å². The van der Waals surface area contributed by atoms with E-state index < -0.39 is 5.82 Å². The summed E-state index contributed by atoms with van der Waals surface area (Å²) in [5.41, 5.74) is 7.65. The molecule has 1 aliphatic carbocycles. The van der Waals surface area contributed by atoms with Crippen molar-refractivity contribution in [1.29, 1.82) is 0 Å². The first-order valence-corrected chi connectivity index (χ1v) is 9.85. The number of hydrogen-bond donors (Lipinski definition) is 2. The Labute approximate surface area is 170 Å². The summed E-state index contributed by atoms with van der Waals surface area (Å²) in [5, 5.41) is 2.86. The first kappa shape index (κ1) is 20.9. The number of aromatic nitrogens is 1. The van der Waals surface area contributed by atoms with Crippen LogP contribution in [-0.2, 0) is 6.54 Å².